The molecule has 0 fully saturated rings. The Hall–Kier alpha value is -3.06. The van der Waals surface area contributed by atoms with Crippen LogP contribution in [0.25, 0.3) is 11.0 Å². The number of hydrazine groups is 1. The van der Waals surface area contributed by atoms with E-state index in [1.54, 1.807) is 24.3 Å². The van der Waals surface area contributed by atoms with Crippen molar-refractivity contribution < 1.29 is 18.8 Å². The lowest BCUT2D eigenvalue weighted by atomic mass is 10.2. The minimum Gasteiger partial charge on any atom is -0.484 e. The highest BCUT2D eigenvalue weighted by Gasteiger charge is 2.13. The molecule has 2 N–H and O–H groups in total. The molecule has 2 aromatic carbocycles. The molecule has 0 radical (unpaired) electrons. The zero-order valence-corrected chi connectivity index (χ0v) is 14.7. The number of hydrogen-bond donors (Lipinski definition) is 2. The van der Waals surface area contributed by atoms with E-state index in [0.717, 1.165) is 10.9 Å². The van der Waals surface area contributed by atoms with Crippen molar-refractivity contribution in [3.8, 4) is 5.75 Å². The van der Waals surface area contributed by atoms with Gasteiger partial charge in [-0.25, -0.2) is 0 Å². The average molecular weight is 374 g/mol. The Bertz CT molecular complexity index is 955. The molecule has 0 bridgehead atoms. The van der Waals surface area contributed by atoms with Gasteiger partial charge in [-0.1, -0.05) is 28.9 Å². The van der Waals surface area contributed by atoms with E-state index in [1.807, 2.05) is 25.1 Å². The fourth-order valence-electron chi connectivity index (χ4n) is 2.29. The molecule has 0 saturated heterocycles. The van der Waals surface area contributed by atoms with E-state index in [2.05, 4.69) is 16.0 Å². The van der Waals surface area contributed by atoms with Crippen LogP contribution >= 0.6 is 11.6 Å². The topological polar surface area (TPSA) is 93.5 Å². The van der Waals surface area contributed by atoms with Gasteiger partial charge in [-0.15, -0.1) is 0 Å². The average Bonchev–Trinajstić information content (AvgIpc) is 3.04. The summed E-state index contributed by atoms with van der Waals surface area (Å²) in [5.74, 6) is -0.391. The maximum absolute atomic E-state index is 12.0. The number of para-hydroxylation sites is 1. The largest absolute Gasteiger partial charge is 0.484 e. The maximum atomic E-state index is 12.0. The molecule has 0 atom stereocenters. The SMILES string of the molecule is Cc1cc(OCC(=O)NNC(=O)Cc2noc3ccccc23)ccc1Cl. The van der Waals surface area contributed by atoms with E-state index in [-0.39, 0.29) is 13.0 Å². The molecule has 0 aliphatic carbocycles. The van der Waals surface area contributed by atoms with Crippen molar-refractivity contribution in [2.24, 2.45) is 0 Å². The number of rotatable bonds is 5. The van der Waals surface area contributed by atoms with Crippen molar-refractivity contribution in [1.29, 1.82) is 0 Å². The van der Waals surface area contributed by atoms with Crippen LogP contribution in [0.1, 0.15) is 11.3 Å². The fourth-order valence-corrected chi connectivity index (χ4v) is 2.41. The molecular formula is C18H16ClN3O4. The summed E-state index contributed by atoms with van der Waals surface area (Å²) in [6.07, 6.45) is -0.0193. The van der Waals surface area contributed by atoms with Gasteiger partial charge in [0.05, 0.1) is 6.42 Å². The second kappa shape index (κ2) is 7.88. The molecule has 3 aromatic rings. The number of hydrogen-bond acceptors (Lipinski definition) is 5. The summed E-state index contributed by atoms with van der Waals surface area (Å²) < 4.78 is 10.5. The van der Waals surface area contributed by atoms with Crippen LogP contribution in [0.15, 0.2) is 47.0 Å². The Morgan fingerprint density at radius 1 is 1.15 bits per heavy atom. The van der Waals surface area contributed by atoms with E-state index in [9.17, 15) is 9.59 Å². The van der Waals surface area contributed by atoms with Crippen LogP contribution in [0.3, 0.4) is 0 Å². The van der Waals surface area contributed by atoms with Gasteiger partial charge in [0.15, 0.2) is 12.2 Å². The highest BCUT2D eigenvalue weighted by Crippen LogP contribution is 2.21. The molecule has 7 nitrogen and oxygen atoms in total. The number of amides is 2. The van der Waals surface area contributed by atoms with Crippen LogP contribution < -0.4 is 15.6 Å². The normalized spacial score (nSPS) is 10.5. The molecule has 134 valence electrons. The monoisotopic (exact) mass is 373 g/mol. The Morgan fingerprint density at radius 3 is 2.73 bits per heavy atom. The summed E-state index contributed by atoms with van der Waals surface area (Å²) in [4.78, 5) is 23.7. The van der Waals surface area contributed by atoms with Gasteiger partial charge in [-0.2, -0.15) is 0 Å². The highest BCUT2D eigenvalue weighted by molar-refractivity contribution is 6.31. The Balaban J connectivity index is 1.46. The van der Waals surface area contributed by atoms with Crippen LogP contribution in [0.2, 0.25) is 5.02 Å². The number of benzene rings is 2. The smallest absolute Gasteiger partial charge is 0.276 e. The molecule has 26 heavy (non-hydrogen) atoms. The van der Waals surface area contributed by atoms with Gasteiger partial charge in [0.2, 0.25) is 5.91 Å². The van der Waals surface area contributed by atoms with Crippen LogP contribution in [0.4, 0.5) is 0 Å². The van der Waals surface area contributed by atoms with Crippen LogP contribution in [-0.2, 0) is 16.0 Å². The first-order valence-corrected chi connectivity index (χ1v) is 8.20. The molecule has 0 spiro atoms. The zero-order chi connectivity index (χ0) is 18.5. The summed E-state index contributed by atoms with van der Waals surface area (Å²) in [5.41, 5.74) is 6.56. The number of aromatic nitrogens is 1. The first kappa shape index (κ1) is 17.8. The maximum Gasteiger partial charge on any atom is 0.276 e. The van der Waals surface area contributed by atoms with Crippen molar-refractivity contribution in [1.82, 2.24) is 16.0 Å². The standard InChI is InChI=1S/C18H16ClN3O4/c1-11-8-12(6-7-14(11)19)25-10-18(24)21-20-17(23)9-15-13-4-2-3-5-16(13)26-22-15/h2-8H,9-10H2,1H3,(H,20,23)(H,21,24). The lowest BCUT2D eigenvalue weighted by molar-refractivity contribution is -0.129. The molecule has 1 heterocycles. The van der Waals surface area contributed by atoms with Gasteiger partial charge < -0.3 is 9.26 Å². The number of carbonyl (C=O) groups excluding carboxylic acids is 2. The van der Waals surface area contributed by atoms with E-state index < -0.39 is 11.8 Å². The minimum atomic E-state index is -0.490. The van der Waals surface area contributed by atoms with Gasteiger partial charge in [0.25, 0.3) is 5.91 Å². The minimum absolute atomic E-state index is 0.0193. The second-order valence-electron chi connectivity index (χ2n) is 5.60. The van der Waals surface area contributed by atoms with Crippen LogP contribution in [-0.4, -0.2) is 23.6 Å². The number of aryl methyl sites for hydroxylation is 1. The quantitative estimate of drug-likeness (QED) is 0.670. The third-order valence-electron chi connectivity index (χ3n) is 3.62. The molecule has 1 aromatic heterocycles. The van der Waals surface area contributed by atoms with E-state index >= 15 is 0 Å². The number of ether oxygens (including phenoxy) is 1. The molecule has 0 aliphatic rings. The molecule has 0 aliphatic heterocycles. The van der Waals surface area contributed by atoms with Crippen molar-refractivity contribution in [2.45, 2.75) is 13.3 Å². The van der Waals surface area contributed by atoms with Crippen molar-refractivity contribution in [3.63, 3.8) is 0 Å². The fraction of sp³-hybridized carbons (Fsp3) is 0.167. The predicted octanol–water partition coefficient (Wildman–Crippen LogP) is 2.56. The third-order valence-corrected chi connectivity index (χ3v) is 4.04. The van der Waals surface area contributed by atoms with Gasteiger partial charge in [0.1, 0.15) is 11.4 Å². The Labute approximate surface area is 154 Å². The molecule has 0 unspecified atom stereocenters. The lowest BCUT2D eigenvalue weighted by Crippen LogP contribution is -2.44. The van der Waals surface area contributed by atoms with Crippen LogP contribution in [0, 0.1) is 6.92 Å². The van der Waals surface area contributed by atoms with Gasteiger partial charge in [0, 0.05) is 10.4 Å². The van der Waals surface area contributed by atoms with Crippen molar-refractivity contribution in [3.05, 3.63) is 58.7 Å². The Kier molecular flexibility index (Phi) is 5.38. The van der Waals surface area contributed by atoms with Crippen molar-refractivity contribution in [2.75, 3.05) is 6.61 Å². The lowest BCUT2D eigenvalue weighted by Gasteiger charge is -2.09. The van der Waals surface area contributed by atoms with E-state index in [1.165, 1.54) is 0 Å². The summed E-state index contributed by atoms with van der Waals surface area (Å²) in [6.45, 7) is 1.59. The number of nitrogens with one attached hydrogen (secondary N) is 2. The molecule has 0 saturated carbocycles. The third kappa shape index (κ3) is 4.31. The number of fused-ring (bicyclic) bond motifs is 1. The first-order chi connectivity index (χ1) is 12.5. The summed E-state index contributed by atoms with van der Waals surface area (Å²) >= 11 is 5.93. The Morgan fingerprint density at radius 2 is 1.92 bits per heavy atom. The number of carbonyl (C=O) groups is 2. The second-order valence-corrected chi connectivity index (χ2v) is 6.01. The van der Waals surface area contributed by atoms with E-state index in [0.29, 0.717) is 22.0 Å². The summed E-state index contributed by atoms with van der Waals surface area (Å²) in [7, 11) is 0. The van der Waals surface area contributed by atoms with Crippen LogP contribution in [0.5, 0.6) is 5.75 Å². The first-order valence-electron chi connectivity index (χ1n) is 7.83. The van der Waals surface area contributed by atoms with Crippen molar-refractivity contribution >= 4 is 34.4 Å². The molecule has 8 heteroatoms. The number of nitrogens with zero attached hydrogens (tertiary/aromatic N) is 1. The van der Waals surface area contributed by atoms with Gasteiger partial charge in [-0.3, -0.25) is 20.4 Å². The highest BCUT2D eigenvalue weighted by atomic mass is 35.5. The molecule has 2 amide bonds. The van der Waals surface area contributed by atoms with E-state index in [4.69, 9.17) is 20.9 Å². The summed E-state index contributed by atoms with van der Waals surface area (Å²) in [6, 6.07) is 12.3. The molecular weight excluding hydrogens is 358 g/mol. The molecule has 3 rings (SSSR count). The summed E-state index contributed by atoms with van der Waals surface area (Å²) in [5, 5.41) is 5.25. The number of halogens is 1. The zero-order valence-electron chi connectivity index (χ0n) is 13.9. The predicted molar refractivity (Wildman–Crippen MR) is 95.7 cm³/mol. The van der Waals surface area contributed by atoms with Gasteiger partial charge in [-0.05, 0) is 42.8 Å². The van der Waals surface area contributed by atoms with Gasteiger partial charge >= 0.3 is 0 Å².